The largest absolute Gasteiger partial charge is 0.395 e. The Bertz CT molecular complexity index is 710. The molecule has 1 aromatic carbocycles. The van der Waals surface area contributed by atoms with Crippen LogP contribution < -0.4 is 5.73 Å². The topological polar surface area (TPSA) is 84.4 Å². The number of amides is 1. The Morgan fingerprint density at radius 3 is 2.96 bits per heavy atom. The molecule has 0 bridgehead atoms. The molecule has 1 aliphatic heterocycles. The van der Waals surface area contributed by atoms with Crippen molar-refractivity contribution in [3.8, 4) is 0 Å². The van der Waals surface area contributed by atoms with Gasteiger partial charge < -0.3 is 15.4 Å². The Morgan fingerprint density at radius 2 is 2.26 bits per heavy atom. The molecule has 2 aromatic rings. The van der Waals surface area contributed by atoms with Crippen molar-refractivity contribution in [1.29, 1.82) is 0 Å². The molecular formula is C17H24N4O2. The van der Waals surface area contributed by atoms with Crippen LogP contribution >= 0.6 is 0 Å². The number of nitrogens with two attached hydrogens (primary N) is 1. The lowest BCUT2D eigenvalue weighted by Gasteiger charge is -2.24. The number of carbonyl (C=O) groups excluding carboxylic acids is 1. The fourth-order valence-electron chi connectivity index (χ4n) is 3.63. The van der Waals surface area contributed by atoms with Crippen LogP contribution in [0, 0.1) is 0 Å². The maximum absolute atomic E-state index is 11.7. The summed E-state index contributed by atoms with van der Waals surface area (Å²) < 4.78 is 2.04. The first kappa shape index (κ1) is 16.0. The van der Waals surface area contributed by atoms with E-state index in [2.05, 4.69) is 11.8 Å². The number of nitrogens with zero attached hydrogens (tertiary/aromatic N) is 3. The van der Waals surface area contributed by atoms with Gasteiger partial charge in [0, 0.05) is 6.54 Å². The van der Waals surface area contributed by atoms with E-state index >= 15 is 0 Å². The number of aliphatic hydroxyl groups is 1. The molecule has 0 radical (unpaired) electrons. The van der Waals surface area contributed by atoms with Gasteiger partial charge in [-0.15, -0.1) is 0 Å². The molecule has 0 saturated carbocycles. The Hall–Kier alpha value is -1.92. The van der Waals surface area contributed by atoms with Gasteiger partial charge in [-0.25, -0.2) is 4.98 Å². The molecule has 0 spiro atoms. The third-order valence-corrected chi connectivity index (χ3v) is 4.57. The van der Waals surface area contributed by atoms with Gasteiger partial charge in [0.05, 0.1) is 23.7 Å². The number of rotatable bonds is 6. The summed E-state index contributed by atoms with van der Waals surface area (Å²) >= 11 is 0. The van der Waals surface area contributed by atoms with Gasteiger partial charge in [0.15, 0.2) is 0 Å². The minimum atomic E-state index is -0.465. The van der Waals surface area contributed by atoms with Crippen LogP contribution in [0.3, 0.4) is 0 Å². The quantitative estimate of drug-likeness (QED) is 0.849. The summed E-state index contributed by atoms with van der Waals surface area (Å²) in [5, 5.41) is 9.46. The lowest BCUT2D eigenvalue weighted by atomic mass is 10.2. The average molecular weight is 316 g/mol. The van der Waals surface area contributed by atoms with Crippen LogP contribution in [0.1, 0.15) is 48.4 Å². The molecule has 6 heteroatoms. The van der Waals surface area contributed by atoms with Crippen molar-refractivity contribution in [2.24, 2.45) is 5.73 Å². The third-order valence-electron chi connectivity index (χ3n) is 4.57. The zero-order valence-electron chi connectivity index (χ0n) is 13.5. The summed E-state index contributed by atoms with van der Waals surface area (Å²) in [6.07, 6.45) is 3.31. The van der Waals surface area contributed by atoms with Crippen LogP contribution in [-0.4, -0.2) is 45.2 Å². The summed E-state index contributed by atoms with van der Waals surface area (Å²) in [6, 6.07) is 5.71. The molecule has 1 aliphatic rings. The highest BCUT2D eigenvalue weighted by molar-refractivity contribution is 6.04. The average Bonchev–Trinajstić information content (AvgIpc) is 3.12. The number of carbonyl (C=O) groups is 1. The molecule has 2 heterocycles. The van der Waals surface area contributed by atoms with Gasteiger partial charge in [0.2, 0.25) is 0 Å². The molecular weight excluding hydrogens is 292 g/mol. The Morgan fingerprint density at radius 1 is 1.43 bits per heavy atom. The molecule has 1 unspecified atom stereocenters. The predicted octanol–water partition coefficient (Wildman–Crippen LogP) is 1.67. The van der Waals surface area contributed by atoms with Crippen LogP contribution in [0.15, 0.2) is 18.2 Å². The number of aromatic nitrogens is 2. The van der Waals surface area contributed by atoms with E-state index < -0.39 is 5.91 Å². The monoisotopic (exact) mass is 316 g/mol. The van der Waals surface area contributed by atoms with Crippen LogP contribution in [0.2, 0.25) is 0 Å². The zero-order valence-corrected chi connectivity index (χ0v) is 13.5. The molecule has 1 saturated heterocycles. The predicted molar refractivity (Wildman–Crippen MR) is 89.2 cm³/mol. The van der Waals surface area contributed by atoms with E-state index in [0.29, 0.717) is 17.6 Å². The highest BCUT2D eigenvalue weighted by Gasteiger charge is 2.30. The second kappa shape index (κ2) is 6.68. The molecule has 1 fully saturated rings. The Balaban J connectivity index is 2.13. The number of hydrogen-bond acceptors (Lipinski definition) is 4. The second-order valence-corrected chi connectivity index (χ2v) is 6.08. The van der Waals surface area contributed by atoms with Gasteiger partial charge in [-0.3, -0.25) is 9.69 Å². The normalized spacial score (nSPS) is 18.8. The van der Waals surface area contributed by atoms with E-state index in [1.54, 1.807) is 6.07 Å². The van der Waals surface area contributed by atoms with E-state index in [1.165, 1.54) is 0 Å². The van der Waals surface area contributed by atoms with Gasteiger partial charge in [0.1, 0.15) is 11.3 Å². The van der Waals surface area contributed by atoms with Crippen LogP contribution in [-0.2, 0) is 6.54 Å². The van der Waals surface area contributed by atoms with E-state index in [9.17, 15) is 9.90 Å². The SMILES string of the molecule is CCCN1CCCC1c1nc2c(C(N)=O)cccc2n1CCO. The van der Waals surface area contributed by atoms with Crippen molar-refractivity contribution in [3.05, 3.63) is 29.6 Å². The van der Waals surface area contributed by atoms with E-state index in [-0.39, 0.29) is 12.6 Å². The molecule has 1 aromatic heterocycles. The number of fused-ring (bicyclic) bond motifs is 1. The van der Waals surface area contributed by atoms with E-state index in [4.69, 9.17) is 10.7 Å². The molecule has 1 amide bonds. The maximum atomic E-state index is 11.7. The third kappa shape index (κ3) is 2.84. The zero-order chi connectivity index (χ0) is 16.4. The number of primary amides is 1. The minimum Gasteiger partial charge on any atom is -0.395 e. The molecule has 0 aliphatic carbocycles. The molecule has 3 rings (SSSR count). The number of likely N-dealkylation sites (tertiary alicyclic amines) is 1. The maximum Gasteiger partial charge on any atom is 0.250 e. The number of para-hydroxylation sites is 1. The molecule has 124 valence electrons. The van der Waals surface area contributed by atoms with Gasteiger partial charge in [-0.2, -0.15) is 0 Å². The van der Waals surface area contributed by atoms with Gasteiger partial charge in [-0.1, -0.05) is 13.0 Å². The van der Waals surface area contributed by atoms with Crippen LogP contribution in [0.5, 0.6) is 0 Å². The smallest absolute Gasteiger partial charge is 0.250 e. The fourth-order valence-corrected chi connectivity index (χ4v) is 3.63. The van der Waals surface area contributed by atoms with Crippen molar-refractivity contribution in [1.82, 2.24) is 14.5 Å². The molecule has 1 atom stereocenters. The summed E-state index contributed by atoms with van der Waals surface area (Å²) in [7, 11) is 0. The number of hydrogen-bond donors (Lipinski definition) is 2. The van der Waals surface area contributed by atoms with Crippen LogP contribution in [0.25, 0.3) is 11.0 Å². The van der Waals surface area contributed by atoms with Crippen molar-refractivity contribution < 1.29 is 9.90 Å². The Kier molecular flexibility index (Phi) is 4.63. The van der Waals surface area contributed by atoms with Crippen molar-refractivity contribution >= 4 is 16.9 Å². The first-order chi connectivity index (χ1) is 11.2. The lowest BCUT2D eigenvalue weighted by molar-refractivity contribution is 0.100. The van der Waals surface area contributed by atoms with Crippen molar-refractivity contribution in [2.75, 3.05) is 19.7 Å². The van der Waals surface area contributed by atoms with E-state index in [1.807, 2.05) is 16.7 Å². The first-order valence-corrected chi connectivity index (χ1v) is 8.31. The van der Waals surface area contributed by atoms with Crippen molar-refractivity contribution in [3.63, 3.8) is 0 Å². The van der Waals surface area contributed by atoms with Gasteiger partial charge in [-0.05, 0) is 44.5 Å². The summed E-state index contributed by atoms with van der Waals surface area (Å²) in [4.78, 5) is 18.9. The molecule has 6 nitrogen and oxygen atoms in total. The number of aliphatic hydroxyl groups excluding tert-OH is 1. The first-order valence-electron chi connectivity index (χ1n) is 8.31. The van der Waals surface area contributed by atoms with E-state index in [0.717, 1.165) is 43.7 Å². The fraction of sp³-hybridized carbons (Fsp3) is 0.529. The highest BCUT2D eigenvalue weighted by atomic mass is 16.3. The second-order valence-electron chi connectivity index (χ2n) is 6.08. The standard InChI is InChI=1S/C17H24N4O2/c1-2-8-20-9-4-7-14(20)17-19-15-12(16(18)23)5-3-6-13(15)21(17)10-11-22/h3,5-6,14,22H,2,4,7-11H2,1H3,(H2,18,23). The van der Waals surface area contributed by atoms with Crippen molar-refractivity contribution in [2.45, 2.75) is 38.8 Å². The molecule has 23 heavy (non-hydrogen) atoms. The van der Waals surface area contributed by atoms with Gasteiger partial charge >= 0.3 is 0 Å². The van der Waals surface area contributed by atoms with Crippen LogP contribution in [0.4, 0.5) is 0 Å². The molecule has 3 N–H and O–H groups in total. The minimum absolute atomic E-state index is 0.0414. The summed E-state index contributed by atoms with van der Waals surface area (Å²) in [5.41, 5.74) is 7.45. The van der Waals surface area contributed by atoms with Gasteiger partial charge in [0.25, 0.3) is 5.91 Å². The summed E-state index contributed by atoms with van der Waals surface area (Å²) in [6.45, 7) is 4.81. The lowest BCUT2D eigenvalue weighted by Crippen LogP contribution is -2.26. The Labute approximate surface area is 135 Å². The highest BCUT2D eigenvalue weighted by Crippen LogP contribution is 2.34. The number of benzene rings is 1. The summed E-state index contributed by atoms with van der Waals surface area (Å²) in [5.74, 6) is 0.473. The number of imidazole rings is 1.